The Morgan fingerprint density at radius 3 is 2.21 bits per heavy atom. The number of piperidine rings is 3. The summed E-state index contributed by atoms with van der Waals surface area (Å²) in [6.45, 7) is 2.90. The first-order valence-electron chi connectivity index (χ1n) is 19.7. The second kappa shape index (κ2) is 21.5. The average molecular weight is 873 g/mol. The summed E-state index contributed by atoms with van der Waals surface area (Å²) < 4.78 is 29.7. The zero-order chi connectivity index (χ0) is 43.3. The minimum absolute atomic E-state index is 0.0237. The van der Waals surface area contributed by atoms with Gasteiger partial charge in [0, 0.05) is 18.5 Å². The number of fused-ring (bicyclic) bond motifs is 3. The zero-order valence-corrected chi connectivity index (χ0v) is 35.2. The van der Waals surface area contributed by atoms with Crippen LogP contribution in [0.1, 0.15) is 58.4 Å². The predicted molar refractivity (Wildman–Crippen MR) is 228 cm³/mol. The fraction of sp³-hybridized carbons (Fsp3) is 0.304. The lowest BCUT2D eigenvalue weighted by atomic mass is 9.86. The van der Waals surface area contributed by atoms with Crippen LogP contribution in [0.25, 0.3) is 0 Å². The largest absolute Gasteiger partial charge is 0.619 e. The molecule has 320 valence electrons. The highest BCUT2D eigenvalue weighted by Crippen LogP contribution is 2.36. The molecular weight excluding hydrogens is 825 g/mol. The highest BCUT2D eigenvalue weighted by Gasteiger charge is 2.37. The maximum absolute atomic E-state index is 13.5. The highest BCUT2D eigenvalue weighted by atomic mass is 35.5. The first kappa shape index (κ1) is 44.5. The van der Waals surface area contributed by atoms with Crippen LogP contribution in [0.4, 0.5) is 4.79 Å². The molecule has 15 heteroatoms. The number of esters is 1. The van der Waals surface area contributed by atoms with E-state index >= 15 is 0 Å². The molecule has 0 spiro atoms. The molecular formula is C46H47Cl2N3O10. The van der Waals surface area contributed by atoms with Gasteiger partial charge in [-0.05, 0) is 83.9 Å². The quantitative estimate of drug-likeness (QED) is 0.0456. The van der Waals surface area contributed by atoms with E-state index in [4.69, 9.17) is 56.8 Å². The number of methoxy groups -OCH3 is 2. The summed E-state index contributed by atoms with van der Waals surface area (Å²) in [7, 11) is 3.05. The standard InChI is InChI=1S/C45H45Cl2N3O8.CH2O2/c1-54-39-15-14-33(23-41(39)55-2)40(24-36-37(46)25-50(53)26-38(36)47)57-43(51)21-29-8-6-9-30(20-29)28-56-35-13-7-12-34(22-35)44(32-10-4-3-5-11-32)48-45(52)58-42-27-49-18-16-31(42)17-19-49;2-1-3/h3-15,20,22-23,25-26,31,40,42,44H,16-19,21,24,27-28H2,1-2H3,(H,48,52);1H,(H,2,3)/t40-,42-,44-;/m0./s1. The van der Waals surface area contributed by atoms with Crippen molar-refractivity contribution in [1.29, 1.82) is 0 Å². The Morgan fingerprint density at radius 1 is 0.869 bits per heavy atom. The number of carbonyl (C=O) groups excluding carboxylic acids is 2. The average Bonchev–Trinajstić information content (AvgIpc) is 3.26. The number of alkyl carbamates (subject to hydrolysis) is 1. The lowest BCUT2D eigenvalue weighted by Crippen LogP contribution is -2.52. The molecule has 0 unspecified atom stereocenters. The Morgan fingerprint density at radius 2 is 1.54 bits per heavy atom. The summed E-state index contributed by atoms with van der Waals surface area (Å²) in [5.74, 6) is 1.50. The fourth-order valence-corrected chi connectivity index (χ4v) is 8.28. The molecule has 4 heterocycles. The van der Waals surface area contributed by atoms with Crippen molar-refractivity contribution in [2.45, 2.75) is 50.5 Å². The minimum Gasteiger partial charge on any atom is -0.619 e. The van der Waals surface area contributed by atoms with E-state index in [1.54, 1.807) is 18.2 Å². The van der Waals surface area contributed by atoms with Crippen molar-refractivity contribution in [2.75, 3.05) is 33.9 Å². The summed E-state index contributed by atoms with van der Waals surface area (Å²) in [4.78, 5) is 37.6. The summed E-state index contributed by atoms with van der Waals surface area (Å²) in [5.41, 5.74) is 4.42. The molecule has 0 saturated carbocycles. The Kier molecular flexibility index (Phi) is 15.7. The smallest absolute Gasteiger partial charge is 0.408 e. The van der Waals surface area contributed by atoms with E-state index < -0.39 is 24.2 Å². The number of pyridine rings is 1. The molecule has 61 heavy (non-hydrogen) atoms. The first-order valence-corrected chi connectivity index (χ1v) is 20.4. The normalized spacial score (nSPS) is 17.4. The number of nitrogens with zero attached hydrogens (tertiary/aromatic N) is 2. The molecule has 1 amide bonds. The molecule has 3 fully saturated rings. The molecule has 0 radical (unpaired) electrons. The van der Waals surface area contributed by atoms with Gasteiger partial charge in [0.2, 0.25) is 0 Å². The Bertz CT molecular complexity index is 2250. The van der Waals surface area contributed by atoms with Crippen LogP contribution in [0, 0.1) is 11.1 Å². The van der Waals surface area contributed by atoms with Gasteiger partial charge in [-0.25, -0.2) is 4.79 Å². The second-order valence-corrected chi connectivity index (χ2v) is 15.4. The molecule has 2 N–H and O–H groups in total. The van der Waals surface area contributed by atoms with E-state index in [1.807, 2.05) is 78.9 Å². The van der Waals surface area contributed by atoms with E-state index in [9.17, 15) is 14.8 Å². The molecule has 1 aromatic heterocycles. The van der Waals surface area contributed by atoms with Gasteiger partial charge in [0.15, 0.2) is 23.9 Å². The molecule has 3 aliphatic rings. The van der Waals surface area contributed by atoms with Crippen molar-refractivity contribution in [2.24, 2.45) is 5.92 Å². The summed E-state index contributed by atoms with van der Waals surface area (Å²) >= 11 is 12.8. The van der Waals surface area contributed by atoms with Crippen molar-refractivity contribution in [3.05, 3.63) is 158 Å². The van der Waals surface area contributed by atoms with Gasteiger partial charge in [0.05, 0.1) is 26.7 Å². The molecule has 2 bridgehead atoms. The number of aromatic nitrogens is 1. The van der Waals surface area contributed by atoms with Gasteiger partial charge in [-0.2, -0.15) is 4.73 Å². The summed E-state index contributed by atoms with van der Waals surface area (Å²) in [6, 6.07) is 29.7. The number of rotatable bonds is 15. The van der Waals surface area contributed by atoms with Gasteiger partial charge in [0.25, 0.3) is 6.47 Å². The molecule has 3 atom stereocenters. The number of amides is 1. The zero-order valence-electron chi connectivity index (χ0n) is 33.7. The van der Waals surface area contributed by atoms with Gasteiger partial charge in [-0.3, -0.25) is 14.5 Å². The number of benzene rings is 4. The third-order valence-electron chi connectivity index (χ3n) is 10.7. The van der Waals surface area contributed by atoms with Crippen molar-refractivity contribution in [3.8, 4) is 17.2 Å². The van der Waals surface area contributed by atoms with Gasteiger partial charge >= 0.3 is 12.1 Å². The number of carbonyl (C=O) groups is 3. The molecule has 5 aromatic rings. The predicted octanol–water partition coefficient (Wildman–Crippen LogP) is 7.90. The van der Waals surface area contributed by atoms with Crippen LogP contribution in [0.15, 0.2) is 109 Å². The monoisotopic (exact) mass is 871 g/mol. The topological polar surface area (TPSA) is 160 Å². The van der Waals surface area contributed by atoms with Gasteiger partial charge in [0.1, 0.15) is 34.6 Å². The van der Waals surface area contributed by atoms with Gasteiger partial charge in [-0.1, -0.05) is 96.0 Å². The maximum Gasteiger partial charge on any atom is 0.408 e. The van der Waals surface area contributed by atoms with E-state index in [-0.39, 0.29) is 42.1 Å². The summed E-state index contributed by atoms with van der Waals surface area (Å²) in [6.07, 6.45) is 3.24. The molecule has 0 aliphatic carbocycles. The van der Waals surface area contributed by atoms with Crippen molar-refractivity contribution >= 4 is 41.7 Å². The van der Waals surface area contributed by atoms with Gasteiger partial charge in [-0.15, -0.1) is 0 Å². The number of hydrogen-bond donors (Lipinski definition) is 2. The van der Waals surface area contributed by atoms with E-state index in [1.165, 1.54) is 26.6 Å². The first-order chi connectivity index (χ1) is 29.6. The van der Waals surface area contributed by atoms with Crippen molar-refractivity contribution < 1.29 is 47.9 Å². The molecule has 3 aliphatic heterocycles. The number of halogens is 2. The SMILES string of the molecule is COc1ccc([C@H](Cc2c(Cl)c[n+]([O-])cc2Cl)OC(=O)Cc2cccc(COc3cccc([C@@H](NC(=O)O[C@H]4CN5CCC4CC5)c4ccccc4)c3)c2)cc1OC.O=CO. The number of nitrogens with one attached hydrogen (secondary N) is 1. The Hall–Kier alpha value is -6.02. The van der Waals surface area contributed by atoms with Crippen LogP contribution in [-0.4, -0.2) is 68.5 Å². The highest BCUT2D eigenvalue weighted by molar-refractivity contribution is 6.35. The maximum atomic E-state index is 13.5. The Balaban J connectivity index is 0.00000201. The lowest BCUT2D eigenvalue weighted by Gasteiger charge is -2.43. The van der Waals surface area contributed by atoms with Crippen LogP contribution in [-0.2, 0) is 38.5 Å². The van der Waals surface area contributed by atoms with Gasteiger partial charge < -0.3 is 39.3 Å². The van der Waals surface area contributed by atoms with Crippen LogP contribution in [0.3, 0.4) is 0 Å². The van der Waals surface area contributed by atoms with Crippen LogP contribution >= 0.6 is 23.2 Å². The van der Waals surface area contributed by atoms with Crippen LogP contribution < -0.4 is 24.3 Å². The van der Waals surface area contributed by atoms with E-state index in [2.05, 4.69) is 10.2 Å². The Labute approximate surface area is 364 Å². The minimum atomic E-state index is -0.819. The summed E-state index contributed by atoms with van der Waals surface area (Å²) in [5, 5.41) is 22.2. The van der Waals surface area contributed by atoms with E-state index in [0.717, 1.165) is 54.7 Å². The molecule has 13 nitrogen and oxygen atoms in total. The van der Waals surface area contributed by atoms with E-state index in [0.29, 0.717) is 39.0 Å². The molecule has 3 saturated heterocycles. The fourth-order valence-electron chi connectivity index (χ4n) is 7.68. The number of hydrogen-bond acceptors (Lipinski definition) is 10. The van der Waals surface area contributed by atoms with Crippen molar-refractivity contribution in [3.63, 3.8) is 0 Å². The number of ether oxygens (including phenoxy) is 5. The van der Waals surface area contributed by atoms with Crippen LogP contribution in [0.2, 0.25) is 10.0 Å². The molecule has 8 rings (SSSR count). The third kappa shape index (κ3) is 12.1. The van der Waals surface area contributed by atoms with Crippen LogP contribution in [0.5, 0.6) is 17.2 Å². The number of carboxylic acid groups (broad SMARTS) is 1. The third-order valence-corrected chi connectivity index (χ3v) is 11.3. The second-order valence-electron chi connectivity index (χ2n) is 14.6. The molecule has 4 aromatic carbocycles. The lowest BCUT2D eigenvalue weighted by molar-refractivity contribution is -0.605. The van der Waals surface area contributed by atoms with Crippen molar-refractivity contribution in [1.82, 2.24) is 10.2 Å².